The number of carbonyl (C=O) groups is 2. The van der Waals surface area contributed by atoms with Crippen LogP contribution in [0.1, 0.15) is 48.0 Å². The molecule has 1 saturated carbocycles. The van der Waals surface area contributed by atoms with Gasteiger partial charge in [0.15, 0.2) is 23.0 Å². The van der Waals surface area contributed by atoms with E-state index in [1.165, 1.54) is 34.0 Å². The summed E-state index contributed by atoms with van der Waals surface area (Å²) in [7, 11) is 4.50. The maximum absolute atomic E-state index is 12.6. The summed E-state index contributed by atoms with van der Waals surface area (Å²) in [6, 6.07) is 9.77. The van der Waals surface area contributed by atoms with Gasteiger partial charge in [-0.3, -0.25) is 4.79 Å². The highest BCUT2D eigenvalue weighted by atomic mass is 16.6. The topological polar surface area (TPSA) is 95.5 Å². The average molecular weight is 440 g/mol. The largest absolute Gasteiger partial charge is 0.493 e. The molecule has 0 spiro atoms. The lowest BCUT2D eigenvalue weighted by Gasteiger charge is -2.19. The number of nitrogens with zero attached hydrogens (tertiary/aromatic N) is 1. The Balaban J connectivity index is 1.66. The molecule has 2 aromatic carbocycles. The van der Waals surface area contributed by atoms with E-state index in [9.17, 15) is 9.59 Å². The van der Waals surface area contributed by atoms with Gasteiger partial charge in [-0.2, -0.15) is 5.10 Å². The second-order valence-corrected chi connectivity index (χ2v) is 7.44. The Labute approximate surface area is 187 Å². The van der Waals surface area contributed by atoms with Crippen molar-refractivity contribution in [2.45, 2.75) is 32.1 Å². The Kier molecular flexibility index (Phi) is 8.08. The van der Waals surface area contributed by atoms with Crippen molar-refractivity contribution in [3.05, 3.63) is 47.5 Å². The molecule has 1 amide bonds. The van der Waals surface area contributed by atoms with Crippen LogP contribution in [0.25, 0.3) is 0 Å². The Bertz CT molecular complexity index is 982. The summed E-state index contributed by atoms with van der Waals surface area (Å²) in [6.07, 6.45) is 6.72. The maximum atomic E-state index is 12.6. The van der Waals surface area contributed by atoms with E-state index in [-0.39, 0.29) is 17.6 Å². The van der Waals surface area contributed by atoms with E-state index in [0.29, 0.717) is 28.4 Å². The third kappa shape index (κ3) is 5.78. The molecule has 8 heteroatoms. The molecule has 0 aliphatic heterocycles. The number of amides is 1. The van der Waals surface area contributed by atoms with Gasteiger partial charge in [-0.05, 0) is 54.8 Å². The average Bonchev–Trinajstić information content (AvgIpc) is 2.84. The summed E-state index contributed by atoms with van der Waals surface area (Å²) in [6.45, 7) is 0. The summed E-state index contributed by atoms with van der Waals surface area (Å²) in [5, 5.41) is 4.05. The van der Waals surface area contributed by atoms with Crippen molar-refractivity contribution in [1.29, 1.82) is 0 Å². The second kappa shape index (κ2) is 11.2. The van der Waals surface area contributed by atoms with Gasteiger partial charge < -0.3 is 18.9 Å². The van der Waals surface area contributed by atoms with Gasteiger partial charge in [0.25, 0.3) is 0 Å². The number of rotatable bonds is 8. The minimum Gasteiger partial charge on any atom is -0.493 e. The lowest BCUT2D eigenvalue weighted by Crippen LogP contribution is -2.28. The third-order valence-electron chi connectivity index (χ3n) is 5.37. The summed E-state index contributed by atoms with van der Waals surface area (Å²) >= 11 is 0. The molecule has 8 nitrogen and oxygen atoms in total. The zero-order chi connectivity index (χ0) is 22.9. The first kappa shape index (κ1) is 23.1. The smallest absolute Gasteiger partial charge is 0.343 e. The van der Waals surface area contributed by atoms with E-state index >= 15 is 0 Å². The molecule has 1 fully saturated rings. The number of hydrogen-bond donors (Lipinski definition) is 1. The lowest BCUT2D eigenvalue weighted by atomic mass is 9.89. The highest BCUT2D eigenvalue weighted by molar-refractivity contribution is 5.92. The quantitative estimate of drug-likeness (QED) is 0.289. The fourth-order valence-electron chi connectivity index (χ4n) is 3.60. The van der Waals surface area contributed by atoms with Crippen LogP contribution in [-0.4, -0.2) is 39.4 Å². The monoisotopic (exact) mass is 440 g/mol. The molecule has 2 aromatic rings. The Morgan fingerprint density at radius 1 is 0.875 bits per heavy atom. The summed E-state index contributed by atoms with van der Waals surface area (Å²) in [4.78, 5) is 24.8. The molecule has 0 atom stereocenters. The molecule has 0 saturated heterocycles. The summed E-state index contributed by atoms with van der Waals surface area (Å²) in [5.41, 5.74) is 3.61. The number of ether oxygens (including phenoxy) is 4. The van der Waals surface area contributed by atoms with Gasteiger partial charge >= 0.3 is 5.97 Å². The van der Waals surface area contributed by atoms with E-state index < -0.39 is 5.97 Å². The number of hydrazone groups is 1. The Hall–Kier alpha value is -3.55. The van der Waals surface area contributed by atoms with E-state index in [2.05, 4.69) is 10.5 Å². The first-order chi connectivity index (χ1) is 15.5. The molecule has 0 radical (unpaired) electrons. The fourth-order valence-corrected chi connectivity index (χ4v) is 3.60. The number of methoxy groups -OCH3 is 3. The minimum atomic E-state index is -0.564. The normalized spacial score (nSPS) is 14.1. The van der Waals surface area contributed by atoms with Crippen LogP contribution in [0, 0.1) is 5.92 Å². The van der Waals surface area contributed by atoms with Gasteiger partial charge in [0.05, 0.1) is 33.1 Å². The SMILES string of the molecule is COc1ccc(C(=O)Oc2ccc(C=NNC(=O)C3CCCCC3)cc2OC)cc1OC. The van der Waals surface area contributed by atoms with Gasteiger partial charge in [0.1, 0.15) is 0 Å². The zero-order valence-corrected chi connectivity index (χ0v) is 18.6. The van der Waals surface area contributed by atoms with Gasteiger partial charge in [0, 0.05) is 5.92 Å². The van der Waals surface area contributed by atoms with Gasteiger partial charge in [-0.1, -0.05) is 19.3 Å². The molecule has 0 unspecified atom stereocenters. The number of esters is 1. The van der Waals surface area contributed by atoms with E-state index in [4.69, 9.17) is 18.9 Å². The van der Waals surface area contributed by atoms with Crippen LogP contribution in [0.15, 0.2) is 41.5 Å². The predicted molar refractivity (Wildman–Crippen MR) is 120 cm³/mol. The predicted octanol–water partition coefficient (Wildman–Crippen LogP) is 3.96. The van der Waals surface area contributed by atoms with Crippen LogP contribution >= 0.6 is 0 Å². The van der Waals surface area contributed by atoms with Crippen molar-refractivity contribution in [2.24, 2.45) is 11.0 Å². The van der Waals surface area contributed by atoms with E-state index in [0.717, 1.165) is 25.7 Å². The lowest BCUT2D eigenvalue weighted by molar-refractivity contribution is -0.125. The van der Waals surface area contributed by atoms with Crippen LogP contribution in [-0.2, 0) is 4.79 Å². The Morgan fingerprint density at radius 3 is 2.22 bits per heavy atom. The van der Waals surface area contributed by atoms with E-state index in [1.807, 2.05) is 0 Å². The van der Waals surface area contributed by atoms with Gasteiger partial charge in [0.2, 0.25) is 5.91 Å². The van der Waals surface area contributed by atoms with E-state index in [1.54, 1.807) is 36.4 Å². The third-order valence-corrected chi connectivity index (χ3v) is 5.37. The minimum absolute atomic E-state index is 0.0359. The Morgan fingerprint density at radius 2 is 1.53 bits per heavy atom. The van der Waals surface area contributed by atoms with Gasteiger partial charge in [-0.25, -0.2) is 10.2 Å². The molecule has 3 rings (SSSR count). The molecule has 1 N–H and O–H groups in total. The van der Waals surface area contributed by atoms with Crippen molar-refractivity contribution in [2.75, 3.05) is 21.3 Å². The molecule has 1 aliphatic rings. The molecule has 1 aliphatic carbocycles. The first-order valence-electron chi connectivity index (χ1n) is 10.5. The van der Waals surface area contributed by atoms with Crippen LogP contribution in [0.5, 0.6) is 23.0 Å². The van der Waals surface area contributed by atoms with Crippen LogP contribution in [0.3, 0.4) is 0 Å². The molecular weight excluding hydrogens is 412 g/mol. The second-order valence-electron chi connectivity index (χ2n) is 7.44. The zero-order valence-electron chi connectivity index (χ0n) is 18.6. The number of benzene rings is 2. The molecule has 0 heterocycles. The molecule has 170 valence electrons. The number of nitrogens with one attached hydrogen (secondary N) is 1. The number of hydrogen-bond acceptors (Lipinski definition) is 7. The maximum Gasteiger partial charge on any atom is 0.343 e. The fraction of sp³-hybridized carbons (Fsp3) is 0.375. The van der Waals surface area contributed by atoms with Gasteiger partial charge in [-0.15, -0.1) is 0 Å². The first-order valence-corrected chi connectivity index (χ1v) is 10.5. The van der Waals surface area contributed by atoms with Crippen LogP contribution in [0.2, 0.25) is 0 Å². The number of carbonyl (C=O) groups excluding carboxylic acids is 2. The molecular formula is C24H28N2O6. The summed E-state index contributed by atoms with van der Waals surface area (Å²) in [5.74, 6) is 0.987. The van der Waals surface area contributed by atoms with Crippen molar-refractivity contribution in [3.8, 4) is 23.0 Å². The van der Waals surface area contributed by atoms with Crippen molar-refractivity contribution in [1.82, 2.24) is 5.43 Å². The van der Waals surface area contributed by atoms with Crippen LogP contribution in [0.4, 0.5) is 0 Å². The van der Waals surface area contributed by atoms with Crippen LogP contribution < -0.4 is 24.4 Å². The molecule has 32 heavy (non-hydrogen) atoms. The van der Waals surface area contributed by atoms with Crippen molar-refractivity contribution < 1.29 is 28.5 Å². The molecule has 0 bridgehead atoms. The summed E-state index contributed by atoms with van der Waals surface area (Å²) < 4.78 is 21.3. The standard InChI is InChI=1S/C24H28N2O6/c1-29-19-12-10-18(14-22(19)31-3)24(28)32-20-11-9-16(13-21(20)30-2)15-25-26-23(27)17-7-5-4-6-8-17/h9-15,17H,4-8H2,1-3H3,(H,26,27). The van der Waals surface area contributed by atoms with Crippen molar-refractivity contribution >= 4 is 18.1 Å². The highest BCUT2D eigenvalue weighted by Gasteiger charge is 2.20. The highest BCUT2D eigenvalue weighted by Crippen LogP contribution is 2.31. The van der Waals surface area contributed by atoms with Crippen molar-refractivity contribution in [3.63, 3.8) is 0 Å². The molecule has 0 aromatic heterocycles.